The van der Waals surface area contributed by atoms with Crippen LogP contribution in [0.5, 0.6) is 5.75 Å². The number of rotatable bonds is 8. The van der Waals surface area contributed by atoms with Gasteiger partial charge >= 0.3 is 11.7 Å². The van der Waals surface area contributed by atoms with Crippen LogP contribution in [-0.2, 0) is 21.5 Å². The van der Waals surface area contributed by atoms with Crippen molar-refractivity contribution in [2.75, 3.05) is 18.9 Å². The highest BCUT2D eigenvalue weighted by Gasteiger charge is 2.20. The molecular formula is C21H27N3O6. The molecule has 0 spiro atoms. The van der Waals surface area contributed by atoms with E-state index in [0.29, 0.717) is 12.2 Å². The van der Waals surface area contributed by atoms with Crippen molar-refractivity contribution >= 4 is 17.6 Å². The van der Waals surface area contributed by atoms with E-state index in [-0.39, 0.29) is 17.8 Å². The first kappa shape index (κ1) is 22.9. The second kappa shape index (κ2) is 9.43. The number of nitrogens with zero attached hydrogens (tertiary/aromatic N) is 1. The predicted octanol–water partition coefficient (Wildman–Crippen LogP) is 1.63. The molecule has 0 amide bonds. The first-order valence-electron chi connectivity index (χ1n) is 9.59. The summed E-state index contributed by atoms with van der Waals surface area (Å²) >= 11 is 0. The second-order valence-electron chi connectivity index (χ2n) is 7.82. The Labute approximate surface area is 173 Å². The summed E-state index contributed by atoms with van der Waals surface area (Å²) in [6.45, 7) is 7.22. The lowest BCUT2D eigenvalue weighted by Gasteiger charge is -2.19. The lowest BCUT2D eigenvalue weighted by molar-refractivity contribution is -0.144. The zero-order valence-electron chi connectivity index (χ0n) is 17.6. The molecule has 0 radical (unpaired) electrons. The number of aromatic amines is 1. The number of benzene rings is 1. The van der Waals surface area contributed by atoms with Gasteiger partial charge in [-0.05, 0) is 29.5 Å². The highest BCUT2D eigenvalue weighted by molar-refractivity contribution is 6.01. The van der Waals surface area contributed by atoms with Crippen molar-refractivity contribution in [3.05, 3.63) is 56.2 Å². The van der Waals surface area contributed by atoms with E-state index < -0.39 is 41.8 Å². The van der Waals surface area contributed by atoms with Gasteiger partial charge in [0.25, 0.3) is 5.56 Å². The molecule has 0 aliphatic rings. The van der Waals surface area contributed by atoms with Crippen molar-refractivity contribution in [2.24, 2.45) is 0 Å². The van der Waals surface area contributed by atoms with Crippen LogP contribution in [0.3, 0.4) is 0 Å². The maximum atomic E-state index is 12.3. The molecule has 0 aliphatic heterocycles. The average Bonchev–Trinajstić information content (AvgIpc) is 2.67. The van der Waals surface area contributed by atoms with Gasteiger partial charge in [0.2, 0.25) is 5.78 Å². The largest absolute Gasteiger partial charge is 0.482 e. The molecule has 30 heavy (non-hydrogen) atoms. The van der Waals surface area contributed by atoms with Crippen LogP contribution in [0.2, 0.25) is 0 Å². The van der Waals surface area contributed by atoms with Gasteiger partial charge in [0.1, 0.15) is 17.1 Å². The van der Waals surface area contributed by atoms with E-state index in [1.165, 1.54) is 0 Å². The summed E-state index contributed by atoms with van der Waals surface area (Å²) in [6, 6.07) is 7.31. The van der Waals surface area contributed by atoms with Gasteiger partial charge in [0.15, 0.2) is 13.2 Å². The van der Waals surface area contributed by atoms with Gasteiger partial charge in [-0.15, -0.1) is 0 Å². The molecule has 0 atom stereocenters. The fourth-order valence-electron chi connectivity index (χ4n) is 2.76. The van der Waals surface area contributed by atoms with E-state index in [4.69, 9.17) is 15.2 Å². The summed E-state index contributed by atoms with van der Waals surface area (Å²) in [5.41, 5.74) is 4.91. The molecule has 162 valence electrons. The number of ether oxygens (including phenoxy) is 2. The number of aromatic nitrogens is 2. The van der Waals surface area contributed by atoms with Crippen molar-refractivity contribution in [2.45, 2.75) is 46.1 Å². The SMILES string of the molecule is CCCn1c(N)c(C(=O)COC(=O)COc2ccc(C(C)(C)C)cc2)c(=O)[nH]c1=O. The van der Waals surface area contributed by atoms with E-state index in [1.54, 1.807) is 12.1 Å². The normalized spacial score (nSPS) is 11.2. The van der Waals surface area contributed by atoms with E-state index in [0.717, 1.165) is 10.1 Å². The Morgan fingerprint density at radius 3 is 2.30 bits per heavy atom. The predicted molar refractivity (Wildman–Crippen MR) is 112 cm³/mol. The third-order valence-corrected chi connectivity index (χ3v) is 4.41. The van der Waals surface area contributed by atoms with Gasteiger partial charge in [-0.3, -0.25) is 19.1 Å². The first-order chi connectivity index (χ1) is 14.0. The Bertz CT molecular complexity index is 1030. The van der Waals surface area contributed by atoms with Crippen molar-refractivity contribution in [3.63, 3.8) is 0 Å². The molecule has 0 saturated carbocycles. The molecule has 0 unspecified atom stereocenters. The molecule has 2 aromatic rings. The van der Waals surface area contributed by atoms with Gasteiger partial charge in [-0.1, -0.05) is 39.8 Å². The summed E-state index contributed by atoms with van der Waals surface area (Å²) in [7, 11) is 0. The minimum atomic E-state index is -0.916. The molecule has 0 fully saturated rings. The minimum absolute atomic E-state index is 0.00289. The average molecular weight is 417 g/mol. The Morgan fingerprint density at radius 1 is 1.10 bits per heavy atom. The second-order valence-corrected chi connectivity index (χ2v) is 7.82. The molecule has 2 rings (SSSR count). The molecule has 1 aromatic carbocycles. The lowest BCUT2D eigenvalue weighted by Crippen LogP contribution is -2.37. The third-order valence-electron chi connectivity index (χ3n) is 4.41. The van der Waals surface area contributed by atoms with Crippen LogP contribution in [0, 0.1) is 0 Å². The van der Waals surface area contributed by atoms with Crippen molar-refractivity contribution in [3.8, 4) is 5.75 Å². The fourth-order valence-corrected chi connectivity index (χ4v) is 2.76. The molecular weight excluding hydrogens is 390 g/mol. The number of carbonyl (C=O) groups excluding carboxylic acids is 2. The lowest BCUT2D eigenvalue weighted by atomic mass is 9.87. The zero-order valence-corrected chi connectivity index (χ0v) is 17.6. The summed E-state index contributed by atoms with van der Waals surface area (Å²) < 4.78 is 11.4. The first-order valence-corrected chi connectivity index (χ1v) is 9.59. The highest BCUT2D eigenvalue weighted by atomic mass is 16.6. The van der Waals surface area contributed by atoms with Gasteiger partial charge < -0.3 is 15.2 Å². The molecule has 1 aromatic heterocycles. The van der Waals surface area contributed by atoms with Crippen LogP contribution < -0.4 is 21.7 Å². The van der Waals surface area contributed by atoms with Gasteiger partial charge in [0, 0.05) is 6.54 Å². The van der Waals surface area contributed by atoms with Crippen LogP contribution in [0.4, 0.5) is 5.82 Å². The molecule has 1 heterocycles. The van der Waals surface area contributed by atoms with E-state index in [9.17, 15) is 19.2 Å². The summed E-state index contributed by atoms with van der Waals surface area (Å²) in [4.78, 5) is 50.1. The number of Topliss-reactive ketones (excluding diaryl/α,β-unsaturated/α-hetero) is 1. The van der Waals surface area contributed by atoms with Crippen LogP contribution in [0.15, 0.2) is 33.9 Å². The van der Waals surface area contributed by atoms with Crippen LogP contribution in [0.1, 0.15) is 50.0 Å². The van der Waals surface area contributed by atoms with Crippen LogP contribution in [0.25, 0.3) is 0 Å². The van der Waals surface area contributed by atoms with Gasteiger partial charge in [-0.25, -0.2) is 9.59 Å². The topological polar surface area (TPSA) is 133 Å². The third kappa shape index (κ3) is 5.59. The number of carbonyl (C=O) groups is 2. The number of nitrogens with one attached hydrogen (secondary N) is 1. The van der Waals surface area contributed by atoms with Crippen LogP contribution >= 0.6 is 0 Å². The molecule has 9 nitrogen and oxygen atoms in total. The molecule has 3 N–H and O–H groups in total. The number of anilines is 1. The summed E-state index contributed by atoms with van der Waals surface area (Å²) in [5, 5.41) is 0. The smallest absolute Gasteiger partial charge is 0.344 e. The number of esters is 1. The number of nitrogens with two attached hydrogens (primary N) is 1. The Morgan fingerprint density at radius 2 is 1.73 bits per heavy atom. The Kier molecular flexibility index (Phi) is 7.20. The summed E-state index contributed by atoms with van der Waals surface area (Å²) in [5.74, 6) is -1.35. The van der Waals surface area contributed by atoms with Gasteiger partial charge in [-0.2, -0.15) is 0 Å². The maximum absolute atomic E-state index is 12.3. The summed E-state index contributed by atoms with van der Waals surface area (Å²) in [6.07, 6.45) is 0.576. The van der Waals surface area contributed by atoms with Gasteiger partial charge in [0.05, 0.1) is 0 Å². The van der Waals surface area contributed by atoms with Crippen molar-refractivity contribution < 1.29 is 19.1 Å². The van der Waals surface area contributed by atoms with E-state index >= 15 is 0 Å². The fraction of sp³-hybridized carbons (Fsp3) is 0.429. The van der Waals surface area contributed by atoms with E-state index in [2.05, 4.69) is 20.8 Å². The number of hydrogen-bond donors (Lipinski definition) is 2. The number of nitrogen functional groups attached to an aromatic ring is 1. The minimum Gasteiger partial charge on any atom is -0.482 e. The monoisotopic (exact) mass is 417 g/mol. The van der Waals surface area contributed by atoms with Crippen molar-refractivity contribution in [1.82, 2.24) is 9.55 Å². The van der Waals surface area contributed by atoms with Crippen LogP contribution in [-0.4, -0.2) is 34.5 Å². The molecule has 9 heteroatoms. The van der Waals surface area contributed by atoms with E-state index in [1.807, 2.05) is 24.0 Å². The quantitative estimate of drug-likeness (QED) is 0.492. The van der Waals surface area contributed by atoms with Crippen molar-refractivity contribution in [1.29, 1.82) is 0 Å². The molecule has 0 aliphatic carbocycles. The molecule has 0 saturated heterocycles. The number of ketones is 1. The maximum Gasteiger partial charge on any atom is 0.344 e. The Balaban J connectivity index is 1.97. The Hall–Kier alpha value is -3.36. The standard InChI is InChI=1S/C21H27N3O6/c1-5-10-24-18(22)17(19(27)23-20(24)28)15(25)11-30-16(26)12-29-14-8-6-13(7-9-14)21(2,3)4/h6-9H,5,10-12,22H2,1-4H3,(H,23,27,28). The molecule has 0 bridgehead atoms. The number of H-pyrrole nitrogens is 1. The highest BCUT2D eigenvalue weighted by Crippen LogP contribution is 2.24. The number of hydrogen-bond acceptors (Lipinski definition) is 7. The zero-order chi connectivity index (χ0) is 22.5.